The van der Waals surface area contributed by atoms with E-state index in [0.29, 0.717) is 43.4 Å². The third-order valence-corrected chi connectivity index (χ3v) is 7.50. The molecule has 1 aliphatic rings. The van der Waals surface area contributed by atoms with Crippen molar-refractivity contribution in [3.8, 4) is 17.1 Å². The number of aromatic carboxylic acids is 1. The molecule has 1 atom stereocenters. The lowest BCUT2D eigenvalue weighted by atomic mass is 9.95. The fourth-order valence-electron chi connectivity index (χ4n) is 4.56. The second-order valence-electron chi connectivity index (χ2n) is 9.04. The lowest BCUT2D eigenvalue weighted by molar-refractivity contribution is -0.140. The van der Waals surface area contributed by atoms with Crippen molar-refractivity contribution in [3.05, 3.63) is 109 Å². The van der Waals surface area contributed by atoms with E-state index >= 15 is 0 Å². The molecule has 4 aromatic rings. The minimum Gasteiger partial charge on any atom is -0.496 e. The first kappa shape index (κ1) is 27.8. The van der Waals surface area contributed by atoms with Gasteiger partial charge in [0, 0.05) is 24.3 Å². The molecule has 10 nitrogen and oxygen atoms in total. The number of carbonyl (C=O) groups is 2. The molecule has 5 rings (SSSR count). The van der Waals surface area contributed by atoms with Crippen LogP contribution in [-0.2, 0) is 14.3 Å². The number of fused-ring (bicyclic) bond motifs is 1. The molecule has 0 fully saturated rings. The number of benzene rings is 2. The van der Waals surface area contributed by atoms with E-state index < -0.39 is 18.0 Å². The van der Waals surface area contributed by atoms with Gasteiger partial charge in [-0.2, -0.15) is 0 Å². The van der Waals surface area contributed by atoms with Crippen molar-refractivity contribution in [2.45, 2.75) is 13.0 Å². The molecule has 2 aromatic heterocycles. The number of thiazole rings is 1. The summed E-state index contributed by atoms with van der Waals surface area (Å²) in [7, 11) is 3.04. The van der Waals surface area contributed by atoms with Crippen LogP contribution in [0, 0.1) is 0 Å². The number of nitrogens with zero attached hydrogens (tertiary/aromatic N) is 2. The van der Waals surface area contributed by atoms with Gasteiger partial charge in [-0.1, -0.05) is 41.7 Å². The first-order valence-electron chi connectivity index (χ1n) is 12.6. The smallest absolute Gasteiger partial charge is 0.338 e. The van der Waals surface area contributed by atoms with E-state index in [0.717, 1.165) is 0 Å². The van der Waals surface area contributed by atoms with E-state index in [-0.39, 0.29) is 29.9 Å². The van der Waals surface area contributed by atoms with E-state index in [1.165, 1.54) is 42.3 Å². The minimum absolute atomic E-state index is 0.0506. The maximum absolute atomic E-state index is 13.9. The molecule has 0 radical (unpaired) electrons. The summed E-state index contributed by atoms with van der Waals surface area (Å²) in [6, 6.07) is 16.1. The van der Waals surface area contributed by atoms with Gasteiger partial charge in [0.1, 0.15) is 29.9 Å². The number of carboxylic acid groups (broad SMARTS) is 1. The second kappa shape index (κ2) is 11.8. The van der Waals surface area contributed by atoms with Gasteiger partial charge >= 0.3 is 11.9 Å². The van der Waals surface area contributed by atoms with Gasteiger partial charge in [-0.3, -0.25) is 9.36 Å². The molecule has 0 amide bonds. The fourth-order valence-corrected chi connectivity index (χ4v) is 5.58. The average molecular weight is 575 g/mol. The highest BCUT2D eigenvalue weighted by Gasteiger charge is 2.35. The number of ether oxygens (including phenoxy) is 3. The van der Waals surface area contributed by atoms with E-state index in [2.05, 4.69) is 4.99 Å². The van der Waals surface area contributed by atoms with Crippen LogP contribution in [0.1, 0.15) is 34.6 Å². The number of carbonyl (C=O) groups excluding carboxylic acids is 1. The van der Waals surface area contributed by atoms with Crippen molar-refractivity contribution in [1.29, 1.82) is 0 Å². The average Bonchev–Trinajstić information content (AvgIpc) is 3.56. The topological polar surface area (TPSA) is 130 Å². The molecular weight excluding hydrogens is 548 g/mol. The van der Waals surface area contributed by atoms with Gasteiger partial charge < -0.3 is 23.7 Å². The predicted octanol–water partition coefficient (Wildman–Crippen LogP) is 3.39. The van der Waals surface area contributed by atoms with Crippen LogP contribution >= 0.6 is 11.3 Å². The molecule has 11 heteroatoms. The van der Waals surface area contributed by atoms with Gasteiger partial charge in [0.15, 0.2) is 4.80 Å². The number of methoxy groups -OCH3 is 2. The Morgan fingerprint density at radius 1 is 1.07 bits per heavy atom. The largest absolute Gasteiger partial charge is 0.496 e. The number of esters is 1. The molecule has 41 heavy (non-hydrogen) atoms. The minimum atomic E-state index is -1.01. The number of furan rings is 1. The molecular formula is C30H26N2O8S. The molecule has 3 heterocycles. The van der Waals surface area contributed by atoms with E-state index in [1.807, 2.05) is 12.1 Å². The first-order valence-corrected chi connectivity index (χ1v) is 13.4. The predicted molar refractivity (Wildman–Crippen MR) is 151 cm³/mol. The van der Waals surface area contributed by atoms with Gasteiger partial charge in [-0.05, 0) is 37.3 Å². The van der Waals surface area contributed by atoms with Gasteiger partial charge in [0.05, 0.1) is 35.1 Å². The number of para-hydroxylation sites is 1. The summed E-state index contributed by atoms with van der Waals surface area (Å²) >= 11 is 1.17. The Kier molecular flexibility index (Phi) is 7.99. The molecule has 0 spiro atoms. The Morgan fingerprint density at radius 2 is 1.83 bits per heavy atom. The van der Waals surface area contributed by atoms with Crippen molar-refractivity contribution in [1.82, 2.24) is 4.57 Å². The number of aromatic nitrogens is 1. The molecule has 0 saturated carbocycles. The normalized spacial score (nSPS) is 14.9. The number of rotatable bonds is 9. The lowest BCUT2D eigenvalue weighted by Gasteiger charge is -2.26. The van der Waals surface area contributed by atoms with Gasteiger partial charge in [0.25, 0.3) is 5.56 Å². The lowest BCUT2D eigenvalue weighted by Crippen LogP contribution is -2.40. The third-order valence-electron chi connectivity index (χ3n) is 6.51. The van der Waals surface area contributed by atoms with Crippen LogP contribution in [0.5, 0.6) is 5.75 Å². The standard InChI is InChI=1S/C30H26N2O8S/c1-17-25(29(36)39-15-14-37-2)26(21-6-4-5-7-23(21)38-3)32-27(33)24(41-30(32)31-17)16-20-12-13-22(40-20)18-8-10-19(11-9-18)28(34)35/h4-13,16,26H,14-15H2,1-3H3,(H,34,35). The van der Waals surface area contributed by atoms with E-state index in [4.69, 9.17) is 23.7 Å². The highest BCUT2D eigenvalue weighted by atomic mass is 32.1. The van der Waals surface area contributed by atoms with Crippen molar-refractivity contribution < 1.29 is 33.3 Å². The Balaban J connectivity index is 1.59. The van der Waals surface area contributed by atoms with Crippen LogP contribution in [0.15, 0.2) is 86.1 Å². The van der Waals surface area contributed by atoms with Crippen LogP contribution in [0.3, 0.4) is 0 Å². The summed E-state index contributed by atoms with van der Waals surface area (Å²) in [4.78, 5) is 43.3. The van der Waals surface area contributed by atoms with Crippen LogP contribution in [-0.4, -0.2) is 49.0 Å². The van der Waals surface area contributed by atoms with Gasteiger partial charge in [0.2, 0.25) is 0 Å². The van der Waals surface area contributed by atoms with E-state index in [9.17, 15) is 14.4 Å². The van der Waals surface area contributed by atoms with E-state index in [1.54, 1.807) is 49.4 Å². The second-order valence-corrected chi connectivity index (χ2v) is 10.0. The molecule has 1 aliphatic heterocycles. The van der Waals surface area contributed by atoms with Crippen LogP contribution in [0.4, 0.5) is 0 Å². The maximum atomic E-state index is 13.9. The van der Waals surface area contributed by atoms with Crippen LogP contribution in [0.2, 0.25) is 0 Å². The van der Waals surface area contributed by atoms with Crippen molar-refractivity contribution in [2.75, 3.05) is 27.4 Å². The molecule has 2 aromatic carbocycles. The maximum Gasteiger partial charge on any atom is 0.338 e. The Morgan fingerprint density at radius 3 is 2.54 bits per heavy atom. The van der Waals surface area contributed by atoms with Crippen molar-refractivity contribution >= 4 is 29.4 Å². The summed E-state index contributed by atoms with van der Waals surface area (Å²) in [5.74, 6) is -0.159. The Labute approximate surface area is 238 Å². The number of hydrogen-bond acceptors (Lipinski definition) is 9. The zero-order chi connectivity index (χ0) is 29.1. The zero-order valence-corrected chi connectivity index (χ0v) is 23.3. The summed E-state index contributed by atoms with van der Waals surface area (Å²) in [5.41, 5.74) is 1.78. The third kappa shape index (κ3) is 5.49. The fraction of sp³-hybridized carbons (Fsp3) is 0.200. The molecule has 1 N–H and O–H groups in total. The zero-order valence-electron chi connectivity index (χ0n) is 22.5. The molecule has 210 valence electrons. The summed E-state index contributed by atoms with van der Waals surface area (Å²) < 4.78 is 23.8. The summed E-state index contributed by atoms with van der Waals surface area (Å²) in [6.45, 7) is 1.99. The van der Waals surface area contributed by atoms with Gasteiger partial charge in [-0.25, -0.2) is 14.6 Å². The Hall–Kier alpha value is -4.74. The monoisotopic (exact) mass is 574 g/mol. The van der Waals surface area contributed by atoms with Crippen molar-refractivity contribution in [2.24, 2.45) is 4.99 Å². The first-order chi connectivity index (χ1) is 19.8. The molecule has 0 bridgehead atoms. The quantitative estimate of drug-likeness (QED) is 0.238. The van der Waals surface area contributed by atoms with Crippen LogP contribution in [0.25, 0.3) is 17.4 Å². The Bertz CT molecular complexity index is 1830. The summed E-state index contributed by atoms with van der Waals surface area (Å²) in [5, 5.41) is 9.14. The SMILES string of the molecule is COCCOC(=O)C1=C(C)N=c2sc(=Cc3ccc(-c4ccc(C(=O)O)cc4)o3)c(=O)n2C1c1ccccc1OC. The number of allylic oxidation sites excluding steroid dienone is 1. The molecule has 1 unspecified atom stereocenters. The van der Waals surface area contributed by atoms with Gasteiger partial charge in [-0.15, -0.1) is 0 Å². The van der Waals surface area contributed by atoms with Crippen LogP contribution < -0.4 is 19.6 Å². The summed E-state index contributed by atoms with van der Waals surface area (Å²) in [6.07, 6.45) is 1.62. The highest BCUT2D eigenvalue weighted by molar-refractivity contribution is 7.07. The number of carboxylic acids is 1. The molecule has 0 saturated heterocycles. The number of hydrogen-bond donors (Lipinski definition) is 1. The highest BCUT2D eigenvalue weighted by Crippen LogP contribution is 2.35. The molecule has 0 aliphatic carbocycles. The van der Waals surface area contributed by atoms with Crippen molar-refractivity contribution in [3.63, 3.8) is 0 Å².